The Labute approximate surface area is 158 Å². The SMILES string of the molecule is Cc1ccc(N2C(=S)NC3CC2(C)Oc2ccc4ccccc4c23)cc1. The van der Waals surface area contributed by atoms with Crippen molar-refractivity contribution in [2.45, 2.75) is 32.0 Å². The molecule has 5 rings (SSSR count). The van der Waals surface area contributed by atoms with Gasteiger partial charge in [0.15, 0.2) is 10.8 Å². The van der Waals surface area contributed by atoms with Crippen LogP contribution in [0.1, 0.15) is 30.5 Å². The van der Waals surface area contributed by atoms with Crippen molar-refractivity contribution < 1.29 is 4.74 Å². The van der Waals surface area contributed by atoms with Crippen molar-refractivity contribution in [2.24, 2.45) is 0 Å². The van der Waals surface area contributed by atoms with Crippen molar-refractivity contribution in [3.8, 4) is 5.75 Å². The number of benzene rings is 3. The molecule has 2 aliphatic rings. The molecule has 1 saturated heterocycles. The van der Waals surface area contributed by atoms with Crippen LogP contribution in [0.25, 0.3) is 10.8 Å². The monoisotopic (exact) mass is 360 g/mol. The number of nitrogens with one attached hydrogen (secondary N) is 1. The maximum atomic E-state index is 6.56. The zero-order valence-electron chi connectivity index (χ0n) is 14.8. The van der Waals surface area contributed by atoms with Gasteiger partial charge in [-0.2, -0.15) is 0 Å². The summed E-state index contributed by atoms with van der Waals surface area (Å²) in [4.78, 5) is 2.11. The van der Waals surface area contributed by atoms with Gasteiger partial charge < -0.3 is 10.1 Å². The molecule has 1 fully saturated rings. The highest BCUT2D eigenvalue weighted by molar-refractivity contribution is 7.80. The van der Waals surface area contributed by atoms with Crippen LogP contribution in [0.2, 0.25) is 0 Å². The van der Waals surface area contributed by atoms with Crippen molar-refractivity contribution in [2.75, 3.05) is 4.90 Å². The Balaban J connectivity index is 1.65. The first-order chi connectivity index (χ1) is 12.5. The maximum absolute atomic E-state index is 6.56. The third-order valence-electron chi connectivity index (χ3n) is 5.46. The Morgan fingerprint density at radius 1 is 1.08 bits per heavy atom. The summed E-state index contributed by atoms with van der Waals surface area (Å²) in [6, 6.07) is 21.3. The number of thiocarbonyl (C=S) groups is 1. The summed E-state index contributed by atoms with van der Waals surface area (Å²) in [6.45, 7) is 4.22. The van der Waals surface area contributed by atoms with E-state index in [9.17, 15) is 0 Å². The van der Waals surface area contributed by atoms with Gasteiger partial charge in [-0.25, -0.2) is 0 Å². The molecule has 0 aromatic heterocycles. The van der Waals surface area contributed by atoms with Crippen LogP contribution in [0.15, 0.2) is 60.7 Å². The fourth-order valence-corrected chi connectivity index (χ4v) is 4.70. The minimum atomic E-state index is -0.502. The Bertz CT molecular complexity index is 1030. The van der Waals surface area contributed by atoms with Gasteiger partial charge in [-0.05, 0) is 55.0 Å². The number of rotatable bonds is 1. The van der Waals surface area contributed by atoms with Crippen LogP contribution in [-0.4, -0.2) is 10.8 Å². The van der Waals surface area contributed by atoms with Crippen molar-refractivity contribution in [3.05, 3.63) is 71.8 Å². The van der Waals surface area contributed by atoms with Gasteiger partial charge in [-0.15, -0.1) is 0 Å². The Morgan fingerprint density at radius 3 is 2.65 bits per heavy atom. The van der Waals surface area contributed by atoms with Crippen molar-refractivity contribution in [1.82, 2.24) is 5.32 Å². The molecular formula is C22H20N2OS. The van der Waals surface area contributed by atoms with Gasteiger partial charge in [0.2, 0.25) is 0 Å². The normalized spacial score (nSPS) is 24.0. The highest BCUT2D eigenvalue weighted by atomic mass is 32.1. The number of nitrogens with zero attached hydrogens (tertiary/aromatic N) is 1. The highest BCUT2D eigenvalue weighted by Crippen LogP contribution is 2.47. The standard InChI is InChI=1S/C22H20N2OS/c1-14-7-10-16(11-8-14)24-21(26)23-18-13-22(24,2)25-19-12-9-15-5-3-4-6-17(15)20(18)19/h3-12,18H,13H2,1-2H3,(H,23,26). The third kappa shape index (κ3) is 2.22. The molecular weight excluding hydrogens is 340 g/mol. The molecule has 4 heteroatoms. The van der Waals surface area contributed by atoms with E-state index in [0.717, 1.165) is 17.9 Å². The van der Waals surface area contributed by atoms with Crippen molar-refractivity contribution in [1.29, 1.82) is 0 Å². The van der Waals surface area contributed by atoms with Gasteiger partial charge in [-0.3, -0.25) is 4.90 Å². The van der Waals surface area contributed by atoms with Gasteiger partial charge >= 0.3 is 0 Å². The molecule has 0 saturated carbocycles. The average molecular weight is 360 g/mol. The molecule has 2 heterocycles. The van der Waals surface area contributed by atoms with Crippen molar-refractivity contribution >= 4 is 33.8 Å². The molecule has 3 nitrogen and oxygen atoms in total. The first kappa shape index (κ1) is 15.6. The summed E-state index contributed by atoms with van der Waals surface area (Å²) < 4.78 is 6.56. The Hall–Kier alpha value is -2.59. The summed E-state index contributed by atoms with van der Waals surface area (Å²) in [5.41, 5.74) is 3.00. The third-order valence-corrected chi connectivity index (χ3v) is 5.76. The number of ether oxygens (including phenoxy) is 1. The molecule has 3 aromatic carbocycles. The molecule has 3 aromatic rings. The zero-order valence-corrected chi connectivity index (χ0v) is 15.6. The average Bonchev–Trinajstić information content (AvgIpc) is 2.62. The minimum absolute atomic E-state index is 0.157. The van der Waals surface area contributed by atoms with E-state index < -0.39 is 5.72 Å². The molecule has 2 atom stereocenters. The second-order valence-electron chi connectivity index (χ2n) is 7.35. The van der Waals surface area contributed by atoms with Gasteiger partial charge in [0.1, 0.15) is 5.75 Å². The van der Waals surface area contributed by atoms with Gasteiger partial charge in [0.05, 0.1) is 6.04 Å². The number of aryl methyl sites for hydroxylation is 1. The lowest BCUT2D eigenvalue weighted by atomic mass is 9.87. The first-order valence-electron chi connectivity index (χ1n) is 8.93. The molecule has 2 aliphatic heterocycles. The summed E-state index contributed by atoms with van der Waals surface area (Å²) in [5.74, 6) is 0.939. The highest BCUT2D eigenvalue weighted by Gasteiger charge is 2.48. The van der Waals surface area contributed by atoms with E-state index in [-0.39, 0.29) is 6.04 Å². The van der Waals surface area contributed by atoms with E-state index in [0.29, 0.717) is 5.11 Å². The maximum Gasteiger partial charge on any atom is 0.188 e. The molecule has 0 amide bonds. The fraction of sp³-hybridized carbons (Fsp3) is 0.227. The quantitative estimate of drug-likeness (QED) is 0.612. The van der Waals surface area contributed by atoms with Crippen molar-refractivity contribution in [3.63, 3.8) is 0 Å². The van der Waals surface area contributed by atoms with E-state index in [1.807, 2.05) is 0 Å². The van der Waals surface area contributed by atoms with Crippen LogP contribution in [-0.2, 0) is 0 Å². The molecule has 0 spiro atoms. The molecule has 2 unspecified atom stereocenters. The van der Waals surface area contributed by atoms with Crippen LogP contribution in [0.3, 0.4) is 0 Å². The smallest absolute Gasteiger partial charge is 0.188 e. The molecule has 0 aliphatic carbocycles. The summed E-state index contributed by atoms with van der Waals surface area (Å²) in [5, 5.41) is 6.74. The molecule has 1 N–H and O–H groups in total. The first-order valence-corrected chi connectivity index (χ1v) is 9.34. The summed E-state index contributed by atoms with van der Waals surface area (Å²) in [6.07, 6.45) is 0.835. The molecule has 26 heavy (non-hydrogen) atoms. The molecule has 2 bridgehead atoms. The van der Waals surface area contributed by atoms with E-state index >= 15 is 0 Å². The second kappa shape index (κ2) is 5.45. The predicted octanol–water partition coefficient (Wildman–Crippen LogP) is 5.08. The van der Waals surface area contributed by atoms with Gasteiger partial charge in [0.25, 0.3) is 0 Å². The van der Waals surface area contributed by atoms with Crippen LogP contribution >= 0.6 is 12.2 Å². The van der Waals surface area contributed by atoms with Crippen LogP contribution < -0.4 is 15.0 Å². The fourth-order valence-electron chi connectivity index (χ4n) is 4.26. The Morgan fingerprint density at radius 2 is 1.85 bits per heavy atom. The van der Waals surface area contributed by atoms with Gasteiger partial charge in [-0.1, -0.05) is 48.0 Å². The van der Waals surface area contributed by atoms with Crippen LogP contribution in [0.4, 0.5) is 5.69 Å². The lowest BCUT2D eigenvalue weighted by Gasteiger charge is -2.52. The van der Waals surface area contributed by atoms with E-state index in [4.69, 9.17) is 17.0 Å². The van der Waals surface area contributed by atoms with E-state index in [1.54, 1.807) is 0 Å². The number of hydrogen-bond acceptors (Lipinski definition) is 2. The largest absolute Gasteiger partial charge is 0.467 e. The van der Waals surface area contributed by atoms with E-state index in [2.05, 4.69) is 84.7 Å². The lowest BCUT2D eigenvalue weighted by molar-refractivity contribution is 0.0505. The summed E-state index contributed by atoms with van der Waals surface area (Å²) in [7, 11) is 0. The Kier molecular flexibility index (Phi) is 3.28. The molecule has 0 radical (unpaired) electrons. The van der Waals surface area contributed by atoms with Gasteiger partial charge in [0, 0.05) is 17.7 Å². The lowest BCUT2D eigenvalue weighted by Crippen LogP contribution is -2.65. The number of anilines is 1. The van der Waals surface area contributed by atoms with Crippen LogP contribution in [0, 0.1) is 6.92 Å². The van der Waals surface area contributed by atoms with Crippen LogP contribution in [0.5, 0.6) is 5.75 Å². The zero-order chi connectivity index (χ0) is 17.9. The minimum Gasteiger partial charge on any atom is -0.467 e. The topological polar surface area (TPSA) is 24.5 Å². The van der Waals surface area contributed by atoms with E-state index in [1.165, 1.54) is 21.9 Å². The number of fused-ring (bicyclic) bond motifs is 6. The summed E-state index contributed by atoms with van der Waals surface area (Å²) >= 11 is 5.75. The number of hydrogen-bond donors (Lipinski definition) is 1. The predicted molar refractivity (Wildman–Crippen MR) is 110 cm³/mol. The molecule has 130 valence electrons. The second-order valence-corrected chi connectivity index (χ2v) is 7.74.